The molecule has 42 valence electrons. The zero-order valence-corrected chi connectivity index (χ0v) is 5.10. The molecule has 0 saturated carbocycles. The lowest BCUT2D eigenvalue weighted by molar-refractivity contribution is 0.552. The Morgan fingerprint density at radius 1 is 1.57 bits per heavy atom. The largest absolute Gasteiger partial charge is 0.308 e. The Morgan fingerprint density at radius 3 is 2.00 bits per heavy atom. The first-order valence-corrected chi connectivity index (χ1v) is 2.35. The van der Waals surface area contributed by atoms with Crippen LogP contribution in [0.25, 0.3) is 0 Å². The quantitative estimate of drug-likeness (QED) is 0.486. The van der Waals surface area contributed by atoms with Crippen LogP contribution in [0.5, 0.6) is 0 Å². The minimum Gasteiger partial charge on any atom is -0.308 e. The van der Waals surface area contributed by atoms with Crippen LogP contribution >= 0.6 is 0 Å². The summed E-state index contributed by atoms with van der Waals surface area (Å²) in [4.78, 5) is 3.91. The number of hydrogen-bond acceptors (Lipinski definition) is 2. The van der Waals surface area contributed by atoms with Gasteiger partial charge in [0.1, 0.15) is 5.66 Å². The molecule has 0 unspecified atom stereocenters. The van der Waals surface area contributed by atoms with Gasteiger partial charge in [0, 0.05) is 0 Å². The van der Waals surface area contributed by atoms with Crippen LogP contribution in [0.15, 0.2) is 4.99 Å². The normalized spacial score (nSPS) is 13.1. The van der Waals surface area contributed by atoms with Crippen molar-refractivity contribution >= 4 is 6.21 Å². The van der Waals surface area contributed by atoms with E-state index < -0.39 is 0 Å². The van der Waals surface area contributed by atoms with E-state index in [9.17, 15) is 0 Å². The monoisotopic (exact) mass is 100 g/mol. The number of aliphatic imine (C=N–C) groups is 1. The second-order valence-electron chi connectivity index (χ2n) is 2.04. The molecule has 0 bridgehead atoms. The first-order chi connectivity index (χ1) is 3.06. The van der Waals surface area contributed by atoms with E-state index in [1.165, 1.54) is 0 Å². The molecule has 0 aromatic heterocycles. The summed E-state index contributed by atoms with van der Waals surface area (Å²) in [6.45, 7) is 5.56. The van der Waals surface area contributed by atoms with E-state index in [0.717, 1.165) is 0 Å². The number of rotatable bonds is 1. The molecule has 7 heavy (non-hydrogen) atoms. The van der Waals surface area contributed by atoms with Crippen molar-refractivity contribution in [2.45, 2.75) is 26.4 Å². The van der Waals surface area contributed by atoms with Crippen LogP contribution in [-0.4, -0.2) is 11.9 Å². The molecule has 0 aliphatic carbocycles. The van der Waals surface area contributed by atoms with Crippen molar-refractivity contribution in [2.24, 2.45) is 10.7 Å². The van der Waals surface area contributed by atoms with Crippen LogP contribution in [0.4, 0.5) is 0 Å². The Kier molecular flexibility index (Phi) is 1.96. The Hall–Kier alpha value is -0.370. The van der Waals surface area contributed by atoms with E-state index in [4.69, 9.17) is 5.73 Å². The van der Waals surface area contributed by atoms with Gasteiger partial charge in [-0.1, -0.05) is 0 Å². The van der Waals surface area contributed by atoms with Crippen LogP contribution in [-0.2, 0) is 0 Å². The highest BCUT2D eigenvalue weighted by atomic mass is 15.0. The Balaban J connectivity index is 3.56. The molecule has 0 spiro atoms. The van der Waals surface area contributed by atoms with E-state index in [1.54, 1.807) is 6.21 Å². The lowest BCUT2D eigenvalue weighted by Crippen LogP contribution is -2.28. The molecule has 0 fully saturated rings. The lowest BCUT2D eigenvalue weighted by Gasteiger charge is -2.09. The molecule has 0 aromatic carbocycles. The van der Waals surface area contributed by atoms with Crippen LogP contribution in [0, 0.1) is 0 Å². The second-order valence-corrected chi connectivity index (χ2v) is 2.04. The number of nitrogens with two attached hydrogens (primary N) is 1. The van der Waals surface area contributed by atoms with Gasteiger partial charge < -0.3 is 5.73 Å². The van der Waals surface area contributed by atoms with E-state index in [1.807, 2.05) is 20.8 Å². The van der Waals surface area contributed by atoms with Gasteiger partial charge in [0.05, 0.1) is 0 Å². The molecule has 2 nitrogen and oxygen atoms in total. The van der Waals surface area contributed by atoms with E-state index in [0.29, 0.717) is 0 Å². The summed E-state index contributed by atoms with van der Waals surface area (Å²) in [5.41, 5.74) is 5.07. The maximum atomic E-state index is 5.45. The topological polar surface area (TPSA) is 38.4 Å². The standard InChI is InChI=1S/C5H12N2/c1-4-7-5(2,3)6/h4H,6H2,1-3H3. The predicted octanol–water partition coefficient (Wildman–Crippen LogP) is 0.772. The molecule has 0 amide bonds. The molecule has 0 aromatic rings. The van der Waals surface area contributed by atoms with Gasteiger partial charge in [-0.15, -0.1) is 0 Å². The van der Waals surface area contributed by atoms with Crippen LogP contribution < -0.4 is 5.73 Å². The molecule has 0 saturated heterocycles. The third-order valence-corrected chi connectivity index (χ3v) is 0.462. The molecule has 0 aliphatic heterocycles. The summed E-state index contributed by atoms with van der Waals surface area (Å²) in [5, 5.41) is 0. The molecular weight excluding hydrogens is 88.1 g/mol. The minimum atomic E-state index is -0.380. The van der Waals surface area contributed by atoms with Crippen molar-refractivity contribution in [2.75, 3.05) is 0 Å². The predicted molar refractivity (Wildman–Crippen MR) is 32.4 cm³/mol. The van der Waals surface area contributed by atoms with Gasteiger partial charge in [-0.3, -0.25) is 4.99 Å². The average Bonchev–Trinajstić information content (AvgIpc) is 1.30. The smallest absolute Gasteiger partial charge is 0.102 e. The van der Waals surface area contributed by atoms with Crippen molar-refractivity contribution < 1.29 is 0 Å². The highest BCUT2D eigenvalue weighted by Gasteiger charge is 2.02. The Bertz CT molecular complexity index is 68.6. The van der Waals surface area contributed by atoms with Gasteiger partial charge >= 0.3 is 0 Å². The molecule has 0 heterocycles. The van der Waals surface area contributed by atoms with Crippen molar-refractivity contribution in [3.8, 4) is 0 Å². The third-order valence-electron chi connectivity index (χ3n) is 0.462. The Morgan fingerprint density at radius 2 is 2.00 bits per heavy atom. The van der Waals surface area contributed by atoms with Crippen LogP contribution in [0.3, 0.4) is 0 Å². The zero-order chi connectivity index (χ0) is 5.91. The summed E-state index contributed by atoms with van der Waals surface area (Å²) in [6.07, 6.45) is 1.71. The summed E-state index contributed by atoms with van der Waals surface area (Å²) < 4.78 is 0. The van der Waals surface area contributed by atoms with E-state index >= 15 is 0 Å². The molecular formula is C5H12N2. The highest BCUT2D eigenvalue weighted by molar-refractivity contribution is 5.53. The SMILES string of the molecule is CC=NC(C)(C)N. The van der Waals surface area contributed by atoms with Gasteiger partial charge in [-0.2, -0.15) is 0 Å². The molecule has 0 aliphatic rings. The van der Waals surface area contributed by atoms with E-state index in [2.05, 4.69) is 4.99 Å². The van der Waals surface area contributed by atoms with Gasteiger partial charge in [0.15, 0.2) is 0 Å². The van der Waals surface area contributed by atoms with Crippen LogP contribution in [0.2, 0.25) is 0 Å². The van der Waals surface area contributed by atoms with Gasteiger partial charge in [-0.05, 0) is 27.0 Å². The van der Waals surface area contributed by atoms with Crippen molar-refractivity contribution in [3.63, 3.8) is 0 Å². The fourth-order valence-electron chi connectivity index (χ4n) is 0.333. The first-order valence-electron chi connectivity index (χ1n) is 2.35. The van der Waals surface area contributed by atoms with Crippen LogP contribution in [0.1, 0.15) is 20.8 Å². The van der Waals surface area contributed by atoms with E-state index in [-0.39, 0.29) is 5.66 Å². The summed E-state index contributed by atoms with van der Waals surface area (Å²) >= 11 is 0. The maximum Gasteiger partial charge on any atom is 0.102 e. The van der Waals surface area contributed by atoms with Gasteiger partial charge in [0.25, 0.3) is 0 Å². The Labute approximate surface area is 44.4 Å². The summed E-state index contributed by atoms with van der Waals surface area (Å²) in [6, 6.07) is 0. The van der Waals surface area contributed by atoms with Crippen molar-refractivity contribution in [3.05, 3.63) is 0 Å². The van der Waals surface area contributed by atoms with Gasteiger partial charge in [0.2, 0.25) is 0 Å². The maximum absolute atomic E-state index is 5.45. The molecule has 2 heteroatoms. The van der Waals surface area contributed by atoms with Crippen molar-refractivity contribution in [1.82, 2.24) is 0 Å². The minimum absolute atomic E-state index is 0.380. The number of nitrogens with zero attached hydrogens (tertiary/aromatic N) is 1. The summed E-state index contributed by atoms with van der Waals surface area (Å²) in [7, 11) is 0. The summed E-state index contributed by atoms with van der Waals surface area (Å²) in [5.74, 6) is 0. The molecule has 2 N–H and O–H groups in total. The fraction of sp³-hybridized carbons (Fsp3) is 0.800. The van der Waals surface area contributed by atoms with Crippen molar-refractivity contribution in [1.29, 1.82) is 0 Å². The lowest BCUT2D eigenvalue weighted by atomic mass is 10.3. The second kappa shape index (κ2) is 2.07. The molecule has 0 rings (SSSR count). The fourth-order valence-corrected chi connectivity index (χ4v) is 0.333. The zero-order valence-electron chi connectivity index (χ0n) is 5.10. The van der Waals surface area contributed by atoms with Gasteiger partial charge in [-0.25, -0.2) is 0 Å². The molecule has 0 radical (unpaired) electrons. The molecule has 0 atom stereocenters. The first kappa shape index (κ1) is 6.63. The average molecular weight is 100 g/mol. The third kappa shape index (κ3) is 5.63. The highest BCUT2D eigenvalue weighted by Crippen LogP contribution is 1.94. The number of hydrogen-bond donors (Lipinski definition) is 1.